The number of anilines is 1. The summed E-state index contributed by atoms with van der Waals surface area (Å²) in [6.45, 7) is 7.40. The lowest BCUT2D eigenvalue weighted by Gasteiger charge is -2.22. The molecule has 0 bridgehead atoms. The van der Waals surface area contributed by atoms with Gasteiger partial charge in [-0.2, -0.15) is 0 Å². The molecule has 1 heterocycles. The molecule has 0 amide bonds. The molecule has 0 aromatic carbocycles. The van der Waals surface area contributed by atoms with Crippen LogP contribution in [0.5, 0.6) is 0 Å². The van der Waals surface area contributed by atoms with E-state index in [-0.39, 0.29) is 24.1 Å². The smallest absolute Gasteiger partial charge is 0.339 e. The van der Waals surface area contributed by atoms with Crippen molar-refractivity contribution in [1.82, 2.24) is 4.98 Å². The van der Waals surface area contributed by atoms with Crippen molar-refractivity contribution in [2.75, 3.05) is 11.9 Å². The van der Waals surface area contributed by atoms with Gasteiger partial charge in [0.1, 0.15) is 11.4 Å². The second-order valence-corrected chi connectivity index (χ2v) is 4.79. The van der Waals surface area contributed by atoms with Crippen LogP contribution in [0.1, 0.15) is 35.5 Å². The van der Waals surface area contributed by atoms with Gasteiger partial charge in [0.15, 0.2) is 0 Å². The number of nitrogens with zero attached hydrogens (tertiary/aromatic N) is 1. The molecular weight excluding hydrogens is 232 g/mol. The van der Waals surface area contributed by atoms with Crippen LogP contribution in [0, 0.1) is 19.8 Å². The van der Waals surface area contributed by atoms with Crippen LogP contribution in [0.2, 0.25) is 0 Å². The number of carbonyl (C=O) groups is 1. The average Bonchev–Trinajstić information content (AvgIpc) is 2.23. The minimum atomic E-state index is -1.01. The van der Waals surface area contributed by atoms with Crippen molar-refractivity contribution in [2.45, 2.75) is 33.7 Å². The third-order valence-corrected chi connectivity index (χ3v) is 2.88. The molecule has 3 N–H and O–H groups in total. The lowest BCUT2D eigenvalue weighted by atomic mass is 10.0. The second kappa shape index (κ2) is 5.82. The van der Waals surface area contributed by atoms with Gasteiger partial charge in [-0.15, -0.1) is 0 Å². The Morgan fingerprint density at radius 3 is 2.50 bits per heavy atom. The minimum Gasteiger partial charge on any atom is -0.478 e. The SMILES string of the molecule is Cc1cc(C)c(C(=O)O)c(N[C@H](CO)C(C)C)n1. The van der Waals surface area contributed by atoms with Gasteiger partial charge in [-0.3, -0.25) is 0 Å². The third kappa shape index (κ3) is 3.20. The van der Waals surface area contributed by atoms with E-state index < -0.39 is 5.97 Å². The number of carboxylic acid groups (broad SMARTS) is 1. The summed E-state index contributed by atoms with van der Waals surface area (Å²) in [5.74, 6) is -0.505. The Balaban J connectivity index is 3.18. The van der Waals surface area contributed by atoms with Crippen LogP contribution in [0.4, 0.5) is 5.82 Å². The fraction of sp³-hybridized carbons (Fsp3) is 0.538. The lowest BCUT2D eigenvalue weighted by Crippen LogP contribution is -2.31. The number of rotatable bonds is 5. The van der Waals surface area contributed by atoms with Crippen molar-refractivity contribution >= 4 is 11.8 Å². The predicted octanol–water partition coefficient (Wildman–Crippen LogP) is 1.83. The van der Waals surface area contributed by atoms with Gasteiger partial charge in [-0.25, -0.2) is 9.78 Å². The summed E-state index contributed by atoms with van der Waals surface area (Å²) in [6.07, 6.45) is 0. The molecule has 0 aliphatic rings. The number of aliphatic hydroxyl groups excluding tert-OH is 1. The molecule has 0 saturated carbocycles. The zero-order chi connectivity index (χ0) is 13.9. The third-order valence-electron chi connectivity index (χ3n) is 2.88. The summed E-state index contributed by atoms with van der Waals surface area (Å²) in [5, 5.41) is 21.5. The molecule has 5 nitrogen and oxygen atoms in total. The van der Waals surface area contributed by atoms with Gasteiger partial charge in [0.05, 0.1) is 12.6 Å². The number of aromatic carboxylic acids is 1. The van der Waals surface area contributed by atoms with Gasteiger partial charge in [0.2, 0.25) is 0 Å². The van der Waals surface area contributed by atoms with Gasteiger partial charge in [-0.05, 0) is 31.4 Å². The number of aliphatic hydroxyl groups is 1. The molecule has 0 fully saturated rings. The largest absolute Gasteiger partial charge is 0.478 e. The zero-order valence-electron chi connectivity index (χ0n) is 11.2. The van der Waals surface area contributed by atoms with Crippen LogP contribution >= 0.6 is 0 Å². The first-order valence-electron chi connectivity index (χ1n) is 5.95. The first-order chi connectivity index (χ1) is 8.36. The predicted molar refractivity (Wildman–Crippen MR) is 70.0 cm³/mol. The van der Waals surface area contributed by atoms with Crippen molar-refractivity contribution in [1.29, 1.82) is 0 Å². The molecule has 0 radical (unpaired) electrons. The summed E-state index contributed by atoms with van der Waals surface area (Å²) in [7, 11) is 0. The van der Waals surface area contributed by atoms with Gasteiger partial charge in [0.25, 0.3) is 0 Å². The Kier molecular flexibility index (Phi) is 4.67. The summed E-state index contributed by atoms with van der Waals surface area (Å²) >= 11 is 0. The molecular formula is C13H20N2O3. The molecule has 0 saturated heterocycles. The van der Waals surface area contributed by atoms with E-state index >= 15 is 0 Å². The number of pyridine rings is 1. The Labute approximate surface area is 107 Å². The van der Waals surface area contributed by atoms with Crippen LogP contribution in [0.25, 0.3) is 0 Å². The molecule has 0 unspecified atom stereocenters. The fourth-order valence-electron chi connectivity index (χ4n) is 1.81. The van der Waals surface area contributed by atoms with E-state index in [1.54, 1.807) is 13.0 Å². The van der Waals surface area contributed by atoms with Crippen LogP contribution < -0.4 is 5.32 Å². The summed E-state index contributed by atoms with van der Waals surface area (Å²) in [5.41, 5.74) is 1.58. The van der Waals surface area contributed by atoms with Crippen molar-refractivity contribution in [3.8, 4) is 0 Å². The standard InChI is InChI=1S/C13H20N2O3/c1-7(2)10(6-16)15-12-11(13(17)18)8(3)5-9(4)14-12/h5,7,10,16H,6H2,1-4H3,(H,14,15)(H,17,18)/t10-/m1/s1. The van der Waals surface area contributed by atoms with Crippen LogP contribution in [0.3, 0.4) is 0 Å². The molecule has 1 rings (SSSR count). The number of aryl methyl sites for hydroxylation is 2. The van der Waals surface area contributed by atoms with Crippen LogP contribution in [-0.4, -0.2) is 33.8 Å². The highest BCUT2D eigenvalue weighted by Crippen LogP contribution is 2.20. The maximum atomic E-state index is 11.3. The van der Waals surface area contributed by atoms with Gasteiger partial charge >= 0.3 is 5.97 Å². The Morgan fingerprint density at radius 1 is 1.44 bits per heavy atom. The zero-order valence-corrected chi connectivity index (χ0v) is 11.2. The normalized spacial score (nSPS) is 12.6. The van der Waals surface area contributed by atoms with Crippen LogP contribution in [0.15, 0.2) is 6.07 Å². The Morgan fingerprint density at radius 2 is 2.06 bits per heavy atom. The molecule has 0 aliphatic carbocycles. The van der Waals surface area contributed by atoms with E-state index in [0.29, 0.717) is 11.4 Å². The van der Waals surface area contributed by atoms with E-state index in [9.17, 15) is 15.0 Å². The molecule has 0 aliphatic heterocycles. The van der Waals surface area contributed by atoms with E-state index in [1.807, 2.05) is 20.8 Å². The van der Waals surface area contributed by atoms with Crippen molar-refractivity contribution in [3.05, 3.63) is 22.9 Å². The Bertz CT molecular complexity index is 444. The highest BCUT2D eigenvalue weighted by atomic mass is 16.4. The molecule has 1 atom stereocenters. The molecule has 0 spiro atoms. The number of hydrogen-bond donors (Lipinski definition) is 3. The maximum Gasteiger partial charge on any atom is 0.339 e. The van der Waals surface area contributed by atoms with Gasteiger partial charge in [0, 0.05) is 5.69 Å². The van der Waals surface area contributed by atoms with Crippen molar-refractivity contribution in [3.63, 3.8) is 0 Å². The molecule has 1 aromatic rings. The summed E-state index contributed by atoms with van der Waals surface area (Å²) < 4.78 is 0. The number of aromatic nitrogens is 1. The minimum absolute atomic E-state index is 0.0641. The van der Waals surface area contributed by atoms with E-state index in [4.69, 9.17) is 0 Å². The number of nitrogens with one attached hydrogen (secondary N) is 1. The maximum absolute atomic E-state index is 11.3. The highest BCUT2D eigenvalue weighted by Gasteiger charge is 2.19. The molecule has 1 aromatic heterocycles. The molecule has 5 heteroatoms. The molecule has 18 heavy (non-hydrogen) atoms. The van der Waals surface area contributed by atoms with Crippen LogP contribution in [-0.2, 0) is 0 Å². The highest BCUT2D eigenvalue weighted by molar-refractivity contribution is 5.94. The van der Waals surface area contributed by atoms with E-state index in [2.05, 4.69) is 10.3 Å². The first-order valence-corrected chi connectivity index (χ1v) is 5.95. The fourth-order valence-corrected chi connectivity index (χ4v) is 1.81. The monoisotopic (exact) mass is 252 g/mol. The van der Waals surface area contributed by atoms with Gasteiger partial charge < -0.3 is 15.5 Å². The van der Waals surface area contributed by atoms with E-state index in [1.165, 1.54) is 0 Å². The van der Waals surface area contributed by atoms with Crippen molar-refractivity contribution < 1.29 is 15.0 Å². The van der Waals surface area contributed by atoms with Crippen molar-refractivity contribution in [2.24, 2.45) is 5.92 Å². The lowest BCUT2D eigenvalue weighted by molar-refractivity contribution is 0.0696. The number of carboxylic acids is 1. The Hall–Kier alpha value is -1.62. The van der Waals surface area contributed by atoms with E-state index in [0.717, 1.165) is 5.69 Å². The summed E-state index contributed by atoms with van der Waals surface area (Å²) in [4.78, 5) is 15.5. The topological polar surface area (TPSA) is 82.5 Å². The molecule has 100 valence electrons. The van der Waals surface area contributed by atoms with Gasteiger partial charge in [-0.1, -0.05) is 13.8 Å². The first kappa shape index (κ1) is 14.4. The number of hydrogen-bond acceptors (Lipinski definition) is 4. The summed E-state index contributed by atoms with van der Waals surface area (Å²) in [6, 6.07) is 1.52. The average molecular weight is 252 g/mol. The second-order valence-electron chi connectivity index (χ2n) is 4.79. The quantitative estimate of drug-likeness (QED) is 0.744.